The van der Waals surface area contributed by atoms with Crippen LogP contribution in [0.1, 0.15) is 22.8 Å². The van der Waals surface area contributed by atoms with Gasteiger partial charge in [0, 0.05) is 11.3 Å². The Morgan fingerprint density at radius 1 is 1.40 bits per heavy atom. The van der Waals surface area contributed by atoms with Crippen LogP contribution >= 0.6 is 11.6 Å². The van der Waals surface area contributed by atoms with Crippen LogP contribution in [0.4, 0.5) is 18.9 Å². The highest BCUT2D eigenvalue weighted by Gasteiger charge is 2.36. The number of benzene rings is 1. The Hall–Kier alpha value is -1.23. The number of carbonyl (C=O) groups excluding carboxylic acids is 1. The molecule has 2 N–H and O–H groups in total. The first kappa shape index (κ1) is 11.8. The summed E-state index contributed by atoms with van der Waals surface area (Å²) in [6, 6.07) is 2.20. The molecule has 1 rings (SSSR count). The van der Waals surface area contributed by atoms with Gasteiger partial charge in [-0.1, -0.05) is 11.6 Å². The number of hydrogen-bond acceptors (Lipinski definition) is 2. The highest BCUT2D eigenvalue weighted by molar-refractivity contribution is 6.35. The lowest BCUT2D eigenvalue weighted by atomic mass is 10.1. The topological polar surface area (TPSA) is 43.1 Å². The molecular formula is C9H7ClF3NO. The number of alkyl halides is 3. The first-order valence-corrected chi connectivity index (χ1v) is 4.29. The summed E-state index contributed by atoms with van der Waals surface area (Å²) in [5, 5.41) is -0.644. The summed E-state index contributed by atoms with van der Waals surface area (Å²) in [7, 11) is 0. The molecule has 6 heteroatoms. The molecule has 0 radical (unpaired) electrons. The van der Waals surface area contributed by atoms with Crippen molar-refractivity contribution in [2.75, 3.05) is 5.73 Å². The van der Waals surface area contributed by atoms with Gasteiger partial charge in [-0.2, -0.15) is 13.2 Å². The van der Waals surface area contributed by atoms with Crippen LogP contribution < -0.4 is 5.73 Å². The molecule has 0 unspecified atom stereocenters. The van der Waals surface area contributed by atoms with Crippen LogP contribution in [-0.2, 0) is 6.18 Å². The molecule has 0 aromatic heterocycles. The molecular weight excluding hydrogens is 231 g/mol. The fourth-order valence-corrected chi connectivity index (χ4v) is 1.56. The lowest BCUT2D eigenvalue weighted by molar-refractivity contribution is -0.136. The van der Waals surface area contributed by atoms with Crippen molar-refractivity contribution in [1.82, 2.24) is 0 Å². The predicted molar refractivity (Wildman–Crippen MR) is 50.9 cm³/mol. The highest BCUT2D eigenvalue weighted by Crippen LogP contribution is 2.40. The SMILES string of the molecule is CC(=O)c1ccc(N)c(C(F)(F)F)c1Cl. The van der Waals surface area contributed by atoms with Crippen LogP contribution in [-0.4, -0.2) is 5.78 Å². The molecule has 0 aliphatic rings. The Labute approximate surface area is 88.8 Å². The van der Waals surface area contributed by atoms with Crippen LogP contribution in [0, 0.1) is 0 Å². The number of hydrogen-bond donors (Lipinski definition) is 1. The molecule has 1 aromatic carbocycles. The van der Waals surface area contributed by atoms with E-state index < -0.39 is 28.2 Å². The van der Waals surface area contributed by atoms with Crippen molar-refractivity contribution >= 4 is 23.1 Å². The van der Waals surface area contributed by atoms with E-state index in [0.717, 1.165) is 13.0 Å². The number of nitrogen functional groups attached to an aromatic ring is 1. The van der Waals surface area contributed by atoms with E-state index in [0.29, 0.717) is 0 Å². The standard InChI is InChI=1S/C9H7ClF3NO/c1-4(15)5-2-3-6(14)7(8(5)10)9(11,12)13/h2-3H,14H2,1H3. The Balaban J connectivity index is 3.51. The molecule has 1 aromatic rings. The normalized spacial score (nSPS) is 11.5. The number of Topliss-reactive ketones (excluding diaryl/α,β-unsaturated/α-hetero) is 1. The van der Waals surface area contributed by atoms with Gasteiger partial charge in [0.2, 0.25) is 0 Å². The van der Waals surface area contributed by atoms with Gasteiger partial charge in [0.1, 0.15) is 0 Å². The van der Waals surface area contributed by atoms with Crippen LogP contribution in [0.5, 0.6) is 0 Å². The summed E-state index contributed by atoms with van der Waals surface area (Å²) in [5.74, 6) is -0.537. The average Bonchev–Trinajstić information content (AvgIpc) is 2.00. The Morgan fingerprint density at radius 3 is 2.33 bits per heavy atom. The molecule has 82 valence electrons. The molecule has 0 spiro atoms. The van der Waals surface area contributed by atoms with Gasteiger partial charge in [-0.3, -0.25) is 4.79 Å². The summed E-state index contributed by atoms with van der Waals surface area (Å²) >= 11 is 5.47. The number of nitrogens with two attached hydrogens (primary N) is 1. The maximum absolute atomic E-state index is 12.5. The van der Waals surface area contributed by atoms with E-state index in [4.69, 9.17) is 17.3 Å². The van der Waals surface area contributed by atoms with Gasteiger partial charge in [-0.05, 0) is 19.1 Å². The van der Waals surface area contributed by atoms with Gasteiger partial charge in [0.25, 0.3) is 0 Å². The third-order valence-corrected chi connectivity index (χ3v) is 2.23. The van der Waals surface area contributed by atoms with Gasteiger partial charge < -0.3 is 5.73 Å². The zero-order valence-corrected chi connectivity index (χ0v) is 8.41. The number of anilines is 1. The van der Waals surface area contributed by atoms with Crippen LogP contribution in [0.2, 0.25) is 5.02 Å². The van der Waals surface area contributed by atoms with Crippen molar-refractivity contribution in [2.24, 2.45) is 0 Å². The molecule has 0 atom stereocenters. The molecule has 0 saturated heterocycles. The zero-order valence-electron chi connectivity index (χ0n) is 7.65. The van der Waals surface area contributed by atoms with Crippen molar-refractivity contribution in [1.29, 1.82) is 0 Å². The molecule has 0 aliphatic carbocycles. The third kappa shape index (κ3) is 2.23. The summed E-state index contributed by atoms with van der Waals surface area (Å²) in [4.78, 5) is 11.0. The van der Waals surface area contributed by atoms with Gasteiger partial charge in [-0.25, -0.2) is 0 Å². The Morgan fingerprint density at radius 2 is 1.93 bits per heavy atom. The minimum atomic E-state index is -4.66. The zero-order chi connectivity index (χ0) is 11.8. The monoisotopic (exact) mass is 237 g/mol. The summed E-state index contributed by atoms with van der Waals surface area (Å²) in [6.07, 6.45) is -4.66. The second kappa shape index (κ2) is 3.73. The highest BCUT2D eigenvalue weighted by atomic mass is 35.5. The van der Waals surface area contributed by atoms with E-state index >= 15 is 0 Å². The number of ketones is 1. The van der Waals surface area contributed by atoms with Gasteiger partial charge >= 0.3 is 6.18 Å². The number of rotatable bonds is 1. The summed E-state index contributed by atoms with van der Waals surface area (Å²) in [6.45, 7) is 1.14. The lowest BCUT2D eigenvalue weighted by Crippen LogP contribution is -2.12. The molecule has 15 heavy (non-hydrogen) atoms. The minimum absolute atomic E-state index is 0.182. The maximum Gasteiger partial charge on any atom is 0.419 e. The molecule has 2 nitrogen and oxygen atoms in total. The van der Waals surface area contributed by atoms with Crippen molar-refractivity contribution in [2.45, 2.75) is 13.1 Å². The quantitative estimate of drug-likeness (QED) is 0.602. The first-order valence-electron chi connectivity index (χ1n) is 3.91. The van der Waals surface area contributed by atoms with Crippen molar-refractivity contribution in [3.63, 3.8) is 0 Å². The molecule has 0 amide bonds. The predicted octanol–water partition coefficient (Wildman–Crippen LogP) is 3.14. The Bertz CT molecular complexity index is 415. The van der Waals surface area contributed by atoms with Crippen LogP contribution in [0.3, 0.4) is 0 Å². The lowest BCUT2D eigenvalue weighted by Gasteiger charge is -2.13. The van der Waals surface area contributed by atoms with Crippen LogP contribution in [0.15, 0.2) is 12.1 Å². The minimum Gasteiger partial charge on any atom is -0.398 e. The first-order chi connectivity index (χ1) is 6.75. The van der Waals surface area contributed by atoms with E-state index in [-0.39, 0.29) is 5.56 Å². The van der Waals surface area contributed by atoms with E-state index in [2.05, 4.69) is 0 Å². The number of carbonyl (C=O) groups is 1. The maximum atomic E-state index is 12.5. The third-order valence-electron chi connectivity index (χ3n) is 1.84. The van der Waals surface area contributed by atoms with E-state index in [1.54, 1.807) is 0 Å². The van der Waals surface area contributed by atoms with E-state index in [9.17, 15) is 18.0 Å². The molecule has 0 bridgehead atoms. The summed E-state index contributed by atoms with van der Waals surface area (Å²) < 4.78 is 37.4. The fraction of sp³-hybridized carbons (Fsp3) is 0.222. The second-order valence-electron chi connectivity index (χ2n) is 2.95. The molecule has 0 saturated carbocycles. The summed E-state index contributed by atoms with van der Waals surface area (Å²) in [5.41, 5.74) is 3.33. The van der Waals surface area contributed by atoms with E-state index in [1.807, 2.05) is 0 Å². The largest absolute Gasteiger partial charge is 0.419 e. The van der Waals surface area contributed by atoms with Crippen LogP contribution in [0.25, 0.3) is 0 Å². The Kier molecular flexibility index (Phi) is 2.95. The van der Waals surface area contributed by atoms with Crippen molar-refractivity contribution in [3.05, 3.63) is 28.3 Å². The molecule has 0 fully saturated rings. The molecule has 0 heterocycles. The van der Waals surface area contributed by atoms with E-state index in [1.165, 1.54) is 6.07 Å². The van der Waals surface area contributed by atoms with Crippen molar-refractivity contribution < 1.29 is 18.0 Å². The fourth-order valence-electron chi connectivity index (χ4n) is 1.15. The van der Waals surface area contributed by atoms with Gasteiger partial charge in [-0.15, -0.1) is 0 Å². The van der Waals surface area contributed by atoms with Gasteiger partial charge in [0.15, 0.2) is 5.78 Å². The van der Waals surface area contributed by atoms with Crippen molar-refractivity contribution in [3.8, 4) is 0 Å². The second-order valence-corrected chi connectivity index (χ2v) is 3.32. The smallest absolute Gasteiger partial charge is 0.398 e. The molecule has 0 aliphatic heterocycles. The van der Waals surface area contributed by atoms with Gasteiger partial charge in [0.05, 0.1) is 10.6 Å². The average molecular weight is 238 g/mol. The number of halogens is 4.